The summed E-state index contributed by atoms with van der Waals surface area (Å²) in [5, 5.41) is 16.1. The molecule has 0 bridgehead atoms. The van der Waals surface area contributed by atoms with E-state index >= 15 is 0 Å². The van der Waals surface area contributed by atoms with Gasteiger partial charge in [0.05, 0.1) is 5.69 Å². The molecule has 5 nitrogen and oxygen atoms in total. The molecule has 1 rings (SSSR count). The number of carbonyl (C=O) groups is 1. The van der Waals surface area contributed by atoms with E-state index in [0.29, 0.717) is 5.69 Å². The summed E-state index contributed by atoms with van der Waals surface area (Å²) in [5.41, 5.74) is 0.690. The third-order valence-electron chi connectivity index (χ3n) is 2.16. The second kappa shape index (κ2) is 4.74. The SMILES string of the molecule is CCCCCn1nnc(C(=O)O)c1C. The van der Waals surface area contributed by atoms with Crippen molar-refractivity contribution in [3.05, 3.63) is 11.4 Å². The van der Waals surface area contributed by atoms with Gasteiger partial charge in [0, 0.05) is 6.54 Å². The minimum Gasteiger partial charge on any atom is -0.476 e. The first kappa shape index (κ1) is 10.7. The Morgan fingerprint density at radius 2 is 2.21 bits per heavy atom. The lowest BCUT2D eigenvalue weighted by atomic mass is 10.2. The third kappa shape index (κ3) is 2.31. The van der Waals surface area contributed by atoms with Gasteiger partial charge in [0.2, 0.25) is 0 Å². The molecule has 1 heterocycles. The molecule has 0 aromatic carbocycles. The predicted octanol–water partition coefficient (Wildman–Crippen LogP) is 1.47. The molecule has 0 radical (unpaired) electrons. The molecular formula is C9H15N3O2. The lowest BCUT2D eigenvalue weighted by molar-refractivity contribution is 0.0689. The van der Waals surface area contributed by atoms with Crippen LogP contribution in [-0.2, 0) is 6.54 Å². The number of hydrogen-bond donors (Lipinski definition) is 1. The number of unbranched alkanes of at least 4 members (excludes halogenated alkanes) is 2. The fraction of sp³-hybridized carbons (Fsp3) is 0.667. The second-order valence-electron chi connectivity index (χ2n) is 3.26. The number of nitrogens with zero attached hydrogens (tertiary/aromatic N) is 3. The van der Waals surface area contributed by atoms with Crippen LogP contribution < -0.4 is 0 Å². The van der Waals surface area contributed by atoms with Crippen LogP contribution in [0.3, 0.4) is 0 Å². The normalized spacial score (nSPS) is 10.4. The van der Waals surface area contributed by atoms with Crippen molar-refractivity contribution in [3.8, 4) is 0 Å². The Bertz CT molecular complexity index is 320. The molecule has 0 fully saturated rings. The Kier molecular flexibility index (Phi) is 3.62. The highest BCUT2D eigenvalue weighted by molar-refractivity contribution is 5.86. The van der Waals surface area contributed by atoms with Crippen molar-refractivity contribution >= 4 is 5.97 Å². The van der Waals surface area contributed by atoms with Crippen molar-refractivity contribution in [1.29, 1.82) is 0 Å². The molecule has 1 aromatic rings. The molecule has 0 aliphatic carbocycles. The number of rotatable bonds is 5. The number of carboxylic acid groups (broad SMARTS) is 1. The van der Waals surface area contributed by atoms with E-state index in [-0.39, 0.29) is 5.69 Å². The molecule has 0 spiro atoms. The molecule has 5 heteroatoms. The van der Waals surface area contributed by atoms with Gasteiger partial charge in [0.1, 0.15) is 0 Å². The van der Waals surface area contributed by atoms with Gasteiger partial charge in [-0.25, -0.2) is 9.48 Å². The van der Waals surface area contributed by atoms with Crippen molar-refractivity contribution < 1.29 is 9.90 Å². The summed E-state index contributed by atoms with van der Waals surface area (Å²) in [6.07, 6.45) is 3.28. The first-order valence-electron chi connectivity index (χ1n) is 4.80. The Morgan fingerprint density at radius 3 is 2.71 bits per heavy atom. The Hall–Kier alpha value is -1.39. The lowest BCUT2D eigenvalue weighted by Gasteiger charge is -2.01. The van der Waals surface area contributed by atoms with E-state index in [1.165, 1.54) is 0 Å². The summed E-state index contributed by atoms with van der Waals surface area (Å²) >= 11 is 0. The number of carboxylic acids is 1. The molecule has 1 aromatic heterocycles. The van der Waals surface area contributed by atoms with Crippen molar-refractivity contribution in [1.82, 2.24) is 15.0 Å². The maximum Gasteiger partial charge on any atom is 0.358 e. The van der Waals surface area contributed by atoms with Crippen molar-refractivity contribution in [2.75, 3.05) is 0 Å². The number of aryl methyl sites for hydroxylation is 1. The number of aromatic carboxylic acids is 1. The van der Waals surface area contributed by atoms with E-state index in [0.717, 1.165) is 25.8 Å². The minimum atomic E-state index is -1.01. The van der Waals surface area contributed by atoms with Gasteiger partial charge < -0.3 is 5.11 Å². The van der Waals surface area contributed by atoms with Gasteiger partial charge in [-0.1, -0.05) is 25.0 Å². The maximum absolute atomic E-state index is 10.6. The summed E-state index contributed by atoms with van der Waals surface area (Å²) in [7, 11) is 0. The third-order valence-corrected chi connectivity index (χ3v) is 2.16. The average molecular weight is 197 g/mol. The first-order chi connectivity index (χ1) is 6.66. The van der Waals surface area contributed by atoms with Gasteiger partial charge in [-0.15, -0.1) is 5.10 Å². The van der Waals surface area contributed by atoms with Gasteiger partial charge in [0.25, 0.3) is 0 Å². The highest BCUT2D eigenvalue weighted by Crippen LogP contribution is 2.05. The molecule has 0 aliphatic rings. The zero-order valence-corrected chi connectivity index (χ0v) is 8.53. The van der Waals surface area contributed by atoms with Gasteiger partial charge in [-0.2, -0.15) is 0 Å². The fourth-order valence-corrected chi connectivity index (χ4v) is 1.28. The van der Waals surface area contributed by atoms with Gasteiger partial charge in [-0.05, 0) is 13.3 Å². The average Bonchev–Trinajstić information content (AvgIpc) is 2.48. The summed E-state index contributed by atoms with van der Waals surface area (Å²) in [5.74, 6) is -1.01. The monoisotopic (exact) mass is 197 g/mol. The molecular weight excluding hydrogens is 182 g/mol. The summed E-state index contributed by atoms with van der Waals surface area (Å²) < 4.78 is 1.65. The summed E-state index contributed by atoms with van der Waals surface area (Å²) in [6.45, 7) is 4.60. The summed E-state index contributed by atoms with van der Waals surface area (Å²) in [6, 6.07) is 0. The zero-order valence-electron chi connectivity index (χ0n) is 8.53. The predicted molar refractivity (Wildman–Crippen MR) is 51.2 cm³/mol. The topological polar surface area (TPSA) is 68.0 Å². The standard InChI is InChI=1S/C9H15N3O2/c1-3-4-5-6-12-7(2)8(9(13)14)10-11-12/h3-6H2,1-2H3,(H,13,14). The molecule has 14 heavy (non-hydrogen) atoms. The van der Waals surface area contributed by atoms with Gasteiger partial charge >= 0.3 is 5.97 Å². The van der Waals surface area contributed by atoms with Crippen LogP contribution in [0.2, 0.25) is 0 Å². The quantitative estimate of drug-likeness (QED) is 0.726. The Labute approximate surface area is 82.7 Å². The molecule has 0 amide bonds. The van der Waals surface area contributed by atoms with Crippen molar-refractivity contribution in [2.24, 2.45) is 0 Å². The molecule has 0 saturated carbocycles. The van der Waals surface area contributed by atoms with Crippen LogP contribution in [0.5, 0.6) is 0 Å². The minimum absolute atomic E-state index is 0.0569. The zero-order chi connectivity index (χ0) is 10.6. The molecule has 78 valence electrons. The van der Waals surface area contributed by atoms with Crippen LogP contribution in [-0.4, -0.2) is 26.1 Å². The van der Waals surface area contributed by atoms with Gasteiger partial charge in [0.15, 0.2) is 5.69 Å². The van der Waals surface area contributed by atoms with Gasteiger partial charge in [-0.3, -0.25) is 0 Å². The number of aromatic nitrogens is 3. The fourth-order valence-electron chi connectivity index (χ4n) is 1.28. The number of hydrogen-bond acceptors (Lipinski definition) is 3. The Morgan fingerprint density at radius 1 is 1.50 bits per heavy atom. The first-order valence-corrected chi connectivity index (χ1v) is 4.80. The second-order valence-corrected chi connectivity index (χ2v) is 3.26. The van der Waals surface area contributed by atoms with Crippen molar-refractivity contribution in [3.63, 3.8) is 0 Å². The highest BCUT2D eigenvalue weighted by Gasteiger charge is 2.14. The van der Waals surface area contributed by atoms with Crippen LogP contribution in [0, 0.1) is 6.92 Å². The van der Waals surface area contributed by atoms with Crippen molar-refractivity contribution in [2.45, 2.75) is 39.7 Å². The van der Waals surface area contributed by atoms with Crippen LogP contribution >= 0.6 is 0 Å². The maximum atomic E-state index is 10.6. The molecule has 1 N–H and O–H groups in total. The smallest absolute Gasteiger partial charge is 0.358 e. The van der Waals surface area contributed by atoms with E-state index in [9.17, 15) is 4.79 Å². The molecule has 0 saturated heterocycles. The Balaban J connectivity index is 2.65. The van der Waals surface area contributed by atoms with Crippen LogP contribution in [0.25, 0.3) is 0 Å². The van der Waals surface area contributed by atoms with Crippen LogP contribution in [0.15, 0.2) is 0 Å². The molecule has 0 aliphatic heterocycles. The lowest BCUT2D eigenvalue weighted by Crippen LogP contribution is -2.04. The van der Waals surface area contributed by atoms with E-state index in [1.54, 1.807) is 11.6 Å². The van der Waals surface area contributed by atoms with E-state index in [1.807, 2.05) is 0 Å². The van der Waals surface area contributed by atoms with Crippen LogP contribution in [0.1, 0.15) is 42.4 Å². The highest BCUT2D eigenvalue weighted by atomic mass is 16.4. The summed E-state index contributed by atoms with van der Waals surface area (Å²) in [4.78, 5) is 10.6. The largest absolute Gasteiger partial charge is 0.476 e. The van der Waals surface area contributed by atoms with E-state index in [2.05, 4.69) is 17.2 Å². The molecule has 0 unspecified atom stereocenters. The molecule has 0 atom stereocenters. The van der Waals surface area contributed by atoms with E-state index < -0.39 is 5.97 Å². The van der Waals surface area contributed by atoms with E-state index in [4.69, 9.17) is 5.11 Å². The van der Waals surface area contributed by atoms with Crippen LogP contribution in [0.4, 0.5) is 0 Å².